The maximum Gasteiger partial charge on any atom is 0.160 e. The van der Waals surface area contributed by atoms with Crippen LogP contribution in [-0.2, 0) is 4.74 Å². The number of allylic oxidation sites excluding steroid dienone is 2. The summed E-state index contributed by atoms with van der Waals surface area (Å²) in [5, 5.41) is 10.1. The zero-order valence-corrected chi connectivity index (χ0v) is 10.1. The Kier molecular flexibility index (Phi) is 3.22. The van der Waals surface area contributed by atoms with E-state index in [-0.39, 0.29) is 5.41 Å². The first-order chi connectivity index (χ1) is 7.60. The van der Waals surface area contributed by atoms with Gasteiger partial charge in [-0.05, 0) is 44.4 Å². The summed E-state index contributed by atoms with van der Waals surface area (Å²) in [6, 6.07) is 0. The number of fused-ring (bicyclic) bond motifs is 1. The molecular weight excluding hydrogens is 200 g/mol. The van der Waals surface area contributed by atoms with Crippen molar-refractivity contribution in [2.45, 2.75) is 38.9 Å². The molecule has 1 unspecified atom stereocenters. The fraction of sp³-hybridized carbons (Fsp3) is 0.714. The molecule has 2 nitrogen and oxygen atoms in total. The molecule has 2 aliphatic rings. The maximum absolute atomic E-state index is 10.1. The smallest absolute Gasteiger partial charge is 0.160 e. The van der Waals surface area contributed by atoms with Crippen LogP contribution in [0.2, 0.25) is 0 Å². The molecule has 2 fully saturated rings. The first-order valence-electron chi connectivity index (χ1n) is 6.16. The lowest BCUT2D eigenvalue weighted by Gasteiger charge is -2.43. The van der Waals surface area contributed by atoms with Crippen molar-refractivity contribution >= 4 is 0 Å². The van der Waals surface area contributed by atoms with Crippen molar-refractivity contribution in [2.24, 2.45) is 17.3 Å². The molecule has 16 heavy (non-hydrogen) atoms. The minimum absolute atomic E-state index is 0.0936. The summed E-state index contributed by atoms with van der Waals surface area (Å²) >= 11 is 0. The van der Waals surface area contributed by atoms with Crippen LogP contribution in [0, 0.1) is 17.3 Å². The molecule has 0 bridgehead atoms. The van der Waals surface area contributed by atoms with E-state index in [1.165, 1.54) is 12.0 Å². The van der Waals surface area contributed by atoms with Gasteiger partial charge in [0.05, 0.1) is 6.61 Å². The van der Waals surface area contributed by atoms with Crippen LogP contribution in [0.5, 0.6) is 0 Å². The van der Waals surface area contributed by atoms with E-state index in [2.05, 4.69) is 20.1 Å². The van der Waals surface area contributed by atoms with E-state index in [1.807, 2.05) is 6.08 Å². The van der Waals surface area contributed by atoms with E-state index in [4.69, 9.17) is 4.74 Å². The highest BCUT2D eigenvalue weighted by Crippen LogP contribution is 2.54. The summed E-state index contributed by atoms with van der Waals surface area (Å²) in [5.41, 5.74) is 1.14. The van der Waals surface area contributed by atoms with Crippen LogP contribution in [0.1, 0.15) is 32.6 Å². The minimum atomic E-state index is -0.613. The standard InChI is InChI=1S/C14H22O2/c1-4-7-14-8-11(10(2)3)5-6-12(14)9-16-13(14)15/h4,11-13,15H,1-2,5-9H2,3H3/t11-,12+,13?,14+/m0/s1. The lowest BCUT2D eigenvalue weighted by Crippen LogP contribution is -2.41. The van der Waals surface area contributed by atoms with Gasteiger partial charge >= 0.3 is 0 Å². The van der Waals surface area contributed by atoms with Crippen LogP contribution in [0.3, 0.4) is 0 Å². The molecule has 0 aromatic rings. The van der Waals surface area contributed by atoms with Gasteiger partial charge in [-0.15, -0.1) is 6.58 Å². The topological polar surface area (TPSA) is 29.5 Å². The predicted molar refractivity (Wildman–Crippen MR) is 64.9 cm³/mol. The van der Waals surface area contributed by atoms with Crippen molar-refractivity contribution in [1.82, 2.24) is 0 Å². The largest absolute Gasteiger partial charge is 0.367 e. The Bertz CT molecular complexity index is 297. The lowest BCUT2D eigenvalue weighted by atomic mass is 9.61. The zero-order valence-electron chi connectivity index (χ0n) is 10.1. The SMILES string of the molecule is C=CC[C@@]12C[C@@H](C(=C)C)CC[C@@H]1COC2O. The highest BCUT2D eigenvalue weighted by atomic mass is 16.6. The van der Waals surface area contributed by atoms with Crippen LogP contribution in [-0.4, -0.2) is 18.0 Å². The Labute approximate surface area is 98.0 Å². The van der Waals surface area contributed by atoms with E-state index < -0.39 is 6.29 Å². The van der Waals surface area contributed by atoms with E-state index in [1.54, 1.807) is 0 Å². The number of aliphatic hydroxyl groups is 1. The molecule has 1 N–H and O–H groups in total. The van der Waals surface area contributed by atoms with E-state index in [0.717, 1.165) is 19.3 Å². The van der Waals surface area contributed by atoms with Gasteiger partial charge in [0.1, 0.15) is 0 Å². The Hall–Kier alpha value is -0.600. The molecule has 1 aliphatic carbocycles. The van der Waals surface area contributed by atoms with Crippen LogP contribution < -0.4 is 0 Å². The quantitative estimate of drug-likeness (QED) is 0.744. The second kappa shape index (κ2) is 4.34. The highest BCUT2D eigenvalue weighted by Gasteiger charge is 2.52. The highest BCUT2D eigenvalue weighted by molar-refractivity contribution is 5.08. The number of ether oxygens (including phenoxy) is 1. The van der Waals surface area contributed by atoms with Gasteiger partial charge < -0.3 is 9.84 Å². The molecule has 0 spiro atoms. The van der Waals surface area contributed by atoms with Crippen molar-refractivity contribution in [3.05, 3.63) is 24.8 Å². The number of aliphatic hydroxyl groups excluding tert-OH is 1. The van der Waals surface area contributed by atoms with Crippen molar-refractivity contribution in [3.8, 4) is 0 Å². The predicted octanol–water partition coefficient (Wildman–Crippen LogP) is 2.89. The summed E-state index contributed by atoms with van der Waals surface area (Å²) < 4.78 is 5.46. The molecule has 1 saturated carbocycles. The second-order valence-corrected chi connectivity index (χ2v) is 5.43. The number of hydrogen-bond acceptors (Lipinski definition) is 2. The van der Waals surface area contributed by atoms with Gasteiger partial charge in [0.2, 0.25) is 0 Å². The third kappa shape index (κ3) is 1.74. The van der Waals surface area contributed by atoms with Crippen molar-refractivity contribution < 1.29 is 9.84 Å². The molecule has 0 aromatic heterocycles. The maximum atomic E-state index is 10.1. The molecule has 4 atom stereocenters. The first kappa shape index (κ1) is 11.9. The summed E-state index contributed by atoms with van der Waals surface area (Å²) in [6.45, 7) is 10.7. The molecule has 0 radical (unpaired) electrons. The molecule has 2 heteroatoms. The summed E-state index contributed by atoms with van der Waals surface area (Å²) in [5.74, 6) is 1.03. The fourth-order valence-electron chi connectivity index (χ4n) is 3.38. The van der Waals surface area contributed by atoms with Gasteiger partial charge in [-0.2, -0.15) is 0 Å². The fourth-order valence-corrected chi connectivity index (χ4v) is 3.38. The third-order valence-corrected chi connectivity index (χ3v) is 4.47. The van der Waals surface area contributed by atoms with Crippen molar-refractivity contribution in [2.75, 3.05) is 6.61 Å². The first-order valence-corrected chi connectivity index (χ1v) is 6.16. The molecule has 2 rings (SSSR count). The molecule has 1 aliphatic heterocycles. The van der Waals surface area contributed by atoms with Crippen molar-refractivity contribution in [1.29, 1.82) is 0 Å². The number of rotatable bonds is 3. The van der Waals surface area contributed by atoms with Gasteiger partial charge in [0, 0.05) is 5.41 Å². The van der Waals surface area contributed by atoms with E-state index >= 15 is 0 Å². The Balaban J connectivity index is 2.22. The van der Waals surface area contributed by atoms with Gasteiger partial charge in [-0.3, -0.25) is 0 Å². The van der Waals surface area contributed by atoms with E-state index in [0.29, 0.717) is 18.4 Å². The van der Waals surface area contributed by atoms with Gasteiger partial charge in [-0.25, -0.2) is 0 Å². The average Bonchev–Trinajstić information content (AvgIpc) is 2.56. The lowest BCUT2D eigenvalue weighted by molar-refractivity contribution is -0.129. The average molecular weight is 222 g/mol. The minimum Gasteiger partial charge on any atom is -0.367 e. The van der Waals surface area contributed by atoms with Gasteiger partial charge in [-0.1, -0.05) is 18.2 Å². The Morgan fingerprint density at radius 1 is 1.56 bits per heavy atom. The van der Waals surface area contributed by atoms with Gasteiger partial charge in [0.25, 0.3) is 0 Å². The molecule has 0 aromatic carbocycles. The Morgan fingerprint density at radius 2 is 2.31 bits per heavy atom. The summed E-state index contributed by atoms with van der Waals surface area (Å²) in [4.78, 5) is 0. The molecule has 0 amide bonds. The normalized spacial score (nSPS) is 42.8. The molecule has 90 valence electrons. The van der Waals surface area contributed by atoms with Crippen LogP contribution >= 0.6 is 0 Å². The molecular formula is C14H22O2. The van der Waals surface area contributed by atoms with Crippen LogP contribution in [0.25, 0.3) is 0 Å². The summed E-state index contributed by atoms with van der Waals surface area (Å²) in [7, 11) is 0. The summed E-state index contributed by atoms with van der Waals surface area (Å²) in [6.07, 6.45) is 5.49. The third-order valence-electron chi connectivity index (χ3n) is 4.47. The molecule has 1 saturated heterocycles. The second-order valence-electron chi connectivity index (χ2n) is 5.43. The van der Waals surface area contributed by atoms with Crippen molar-refractivity contribution in [3.63, 3.8) is 0 Å². The number of hydrogen-bond donors (Lipinski definition) is 1. The van der Waals surface area contributed by atoms with E-state index in [9.17, 15) is 5.11 Å². The molecule has 1 heterocycles. The van der Waals surface area contributed by atoms with Crippen LogP contribution in [0.15, 0.2) is 24.8 Å². The monoisotopic (exact) mass is 222 g/mol. The Morgan fingerprint density at radius 3 is 2.94 bits per heavy atom. The van der Waals surface area contributed by atoms with Crippen LogP contribution in [0.4, 0.5) is 0 Å². The van der Waals surface area contributed by atoms with Gasteiger partial charge in [0.15, 0.2) is 6.29 Å². The zero-order chi connectivity index (χ0) is 11.8.